The molecule has 5 aromatic rings. The number of rotatable bonds is 5. The zero-order valence-electron chi connectivity index (χ0n) is 18.2. The highest BCUT2D eigenvalue weighted by molar-refractivity contribution is 5.99. The Kier molecular flexibility index (Phi) is 5.45. The minimum Gasteiger partial charge on any atom is -0.384 e. The molecule has 0 fully saturated rings. The predicted octanol–water partition coefficient (Wildman–Crippen LogP) is 4.46. The molecular weight excluding hydrogens is 430 g/mol. The molecule has 0 unspecified atom stereocenters. The lowest BCUT2D eigenvalue weighted by molar-refractivity contribution is 0.262. The van der Waals surface area contributed by atoms with Crippen LogP contribution in [0.2, 0.25) is 0 Å². The molecule has 34 heavy (non-hydrogen) atoms. The Balaban J connectivity index is 1.39. The number of carbonyl (C=O) groups excluding carboxylic acids is 1. The molecule has 0 saturated heterocycles. The molecule has 5 N–H and O–H groups in total. The van der Waals surface area contributed by atoms with Crippen molar-refractivity contribution in [2.45, 2.75) is 6.92 Å². The summed E-state index contributed by atoms with van der Waals surface area (Å²) in [6.07, 6.45) is 5.15. The lowest BCUT2D eigenvalue weighted by Crippen LogP contribution is -2.19. The van der Waals surface area contributed by atoms with Gasteiger partial charge in [0.15, 0.2) is 5.82 Å². The van der Waals surface area contributed by atoms with E-state index in [0.717, 1.165) is 17.0 Å². The van der Waals surface area contributed by atoms with E-state index in [2.05, 4.69) is 30.9 Å². The van der Waals surface area contributed by atoms with Crippen LogP contribution in [-0.2, 0) is 0 Å². The second kappa shape index (κ2) is 8.87. The summed E-state index contributed by atoms with van der Waals surface area (Å²) in [5.41, 5.74) is 10.3. The molecular formula is C24H21N9O. The van der Waals surface area contributed by atoms with Crippen LogP contribution in [0.1, 0.15) is 5.82 Å². The smallest absolute Gasteiger partial charge is 0.323 e. The molecule has 4 aromatic heterocycles. The molecule has 0 bridgehead atoms. The number of hydrogen-bond donors (Lipinski definition) is 4. The van der Waals surface area contributed by atoms with Crippen molar-refractivity contribution in [2.75, 3.05) is 21.7 Å². The number of urea groups is 1. The highest BCUT2D eigenvalue weighted by Gasteiger charge is 2.17. The summed E-state index contributed by atoms with van der Waals surface area (Å²) in [7, 11) is 0. The summed E-state index contributed by atoms with van der Waals surface area (Å²) in [4.78, 5) is 29.6. The summed E-state index contributed by atoms with van der Waals surface area (Å²) >= 11 is 0. The number of nitrogen functional groups attached to an aromatic ring is 1. The highest BCUT2D eigenvalue weighted by atomic mass is 16.2. The number of hydrogen-bond acceptors (Lipinski definition) is 7. The van der Waals surface area contributed by atoms with Crippen molar-refractivity contribution >= 4 is 40.4 Å². The number of pyridine rings is 2. The second-order valence-electron chi connectivity index (χ2n) is 7.48. The van der Waals surface area contributed by atoms with Crippen molar-refractivity contribution in [3.05, 3.63) is 85.1 Å². The molecule has 10 heteroatoms. The number of nitrogens with two attached hydrogens (primary N) is 1. The van der Waals surface area contributed by atoms with E-state index in [1.165, 1.54) is 0 Å². The molecule has 4 heterocycles. The van der Waals surface area contributed by atoms with Gasteiger partial charge >= 0.3 is 6.03 Å². The van der Waals surface area contributed by atoms with E-state index in [-0.39, 0.29) is 6.03 Å². The molecule has 0 aliphatic rings. The van der Waals surface area contributed by atoms with Crippen LogP contribution in [0.15, 0.2) is 79.3 Å². The van der Waals surface area contributed by atoms with E-state index in [9.17, 15) is 4.79 Å². The van der Waals surface area contributed by atoms with E-state index >= 15 is 0 Å². The number of amides is 2. The summed E-state index contributed by atoms with van der Waals surface area (Å²) in [6, 6.07) is 17.9. The van der Waals surface area contributed by atoms with E-state index in [1.807, 2.05) is 40.9 Å². The van der Waals surface area contributed by atoms with Gasteiger partial charge in [0.25, 0.3) is 0 Å². The van der Waals surface area contributed by atoms with Gasteiger partial charge < -0.3 is 21.7 Å². The maximum atomic E-state index is 12.2. The molecule has 0 spiro atoms. The first kappa shape index (κ1) is 20.9. The minimum absolute atomic E-state index is 0.341. The van der Waals surface area contributed by atoms with Crippen molar-refractivity contribution in [1.82, 2.24) is 24.3 Å². The molecule has 5 rings (SSSR count). The van der Waals surface area contributed by atoms with Crippen LogP contribution < -0.4 is 21.7 Å². The summed E-state index contributed by atoms with van der Waals surface area (Å²) in [5.74, 6) is 1.59. The van der Waals surface area contributed by atoms with Crippen molar-refractivity contribution in [3.63, 3.8) is 0 Å². The van der Waals surface area contributed by atoms with Gasteiger partial charge in [0.2, 0.25) is 0 Å². The minimum atomic E-state index is -0.341. The van der Waals surface area contributed by atoms with E-state index < -0.39 is 0 Å². The number of nitrogens with zero attached hydrogens (tertiary/aromatic N) is 5. The third kappa shape index (κ3) is 4.46. The fourth-order valence-corrected chi connectivity index (χ4v) is 3.54. The summed E-state index contributed by atoms with van der Waals surface area (Å²) < 4.78 is 1.95. The molecule has 0 atom stereocenters. The molecule has 168 valence electrons. The normalized spacial score (nSPS) is 10.7. The molecule has 0 aliphatic carbocycles. The van der Waals surface area contributed by atoms with Crippen LogP contribution in [0.3, 0.4) is 0 Å². The number of benzene rings is 1. The summed E-state index contributed by atoms with van der Waals surface area (Å²) in [6.45, 7) is 1.80. The number of aromatic nitrogens is 5. The van der Waals surface area contributed by atoms with E-state index in [4.69, 9.17) is 10.7 Å². The van der Waals surface area contributed by atoms with Crippen molar-refractivity contribution < 1.29 is 4.79 Å². The predicted molar refractivity (Wildman–Crippen MR) is 132 cm³/mol. The van der Waals surface area contributed by atoms with Gasteiger partial charge in [-0.15, -0.1) is 0 Å². The monoisotopic (exact) mass is 451 g/mol. The van der Waals surface area contributed by atoms with E-state index in [0.29, 0.717) is 34.5 Å². The fourth-order valence-electron chi connectivity index (χ4n) is 3.54. The zero-order chi connectivity index (χ0) is 23.5. The standard InChI is InChI=1S/C24H21N9O/c1-15-27-19(14-20(25)28-15)22-23(32-21-4-2-3-13-33(21)22)29-16-5-7-17(8-6-16)30-24(34)31-18-9-11-26-12-10-18/h2-14,29H,1H3,(H2,25,27,28)(H2,26,30,31,34). The zero-order valence-corrected chi connectivity index (χ0v) is 18.2. The number of anilines is 5. The number of fused-ring (bicyclic) bond motifs is 1. The third-order valence-corrected chi connectivity index (χ3v) is 4.97. The Morgan fingerprint density at radius 1 is 0.882 bits per heavy atom. The molecule has 0 aliphatic heterocycles. The molecule has 0 radical (unpaired) electrons. The number of aryl methyl sites for hydroxylation is 1. The maximum absolute atomic E-state index is 12.2. The Bertz CT molecular complexity index is 1440. The van der Waals surface area contributed by atoms with Gasteiger partial charge in [-0.05, 0) is 55.5 Å². The lowest BCUT2D eigenvalue weighted by atomic mass is 10.2. The van der Waals surface area contributed by atoms with Crippen molar-refractivity contribution in [1.29, 1.82) is 0 Å². The Morgan fingerprint density at radius 2 is 1.59 bits per heavy atom. The van der Waals surface area contributed by atoms with Crippen LogP contribution in [0, 0.1) is 6.92 Å². The van der Waals surface area contributed by atoms with Gasteiger partial charge in [-0.2, -0.15) is 0 Å². The van der Waals surface area contributed by atoms with Crippen LogP contribution in [0.4, 0.5) is 33.5 Å². The highest BCUT2D eigenvalue weighted by Crippen LogP contribution is 2.31. The average Bonchev–Trinajstić information content (AvgIpc) is 3.18. The van der Waals surface area contributed by atoms with Gasteiger partial charge in [-0.25, -0.2) is 19.7 Å². The number of carbonyl (C=O) groups is 1. The van der Waals surface area contributed by atoms with Gasteiger partial charge in [-0.3, -0.25) is 9.38 Å². The van der Waals surface area contributed by atoms with Gasteiger partial charge in [0, 0.05) is 41.7 Å². The van der Waals surface area contributed by atoms with Crippen LogP contribution in [0.25, 0.3) is 17.0 Å². The largest absolute Gasteiger partial charge is 0.384 e. The second-order valence-corrected chi connectivity index (χ2v) is 7.48. The van der Waals surface area contributed by atoms with E-state index in [1.54, 1.807) is 49.6 Å². The number of imidazole rings is 1. The molecule has 1 aromatic carbocycles. The first-order valence-corrected chi connectivity index (χ1v) is 10.5. The van der Waals surface area contributed by atoms with Crippen molar-refractivity contribution in [3.8, 4) is 11.4 Å². The maximum Gasteiger partial charge on any atom is 0.323 e. The fraction of sp³-hybridized carbons (Fsp3) is 0.0417. The molecule has 10 nitrogen and oxygen atoms in total. The Hall–Kier alpha value is -4.99. The Labute approximate surface area is 194 Å². The number of nitrogens with one attached hydrogen (secondary N) is 3. The quantitative estimate of drug-likeness (QED) is 0.310. The topological polar surface area (TPSA) is 135 Å². The SMILES string of the molecule is Cc1nc(N)cc(-c2c(Nc3ccc(NC(=O)Nc4ccncc4)cc3)nc3ccccn23)n1. The van der Waals surface area contributed by atoms with Crippen molar-refractivity contribution in [2.24, 2.45) is 0 Å². The van der Waals surface area contributed by atoms with Gasteiger partial charge in [0.05, 0.1) is 5.69 Å². The third-order valence-electron chi connectivity index (χ3n) is 4.97. The first-order valence-electron chi connectivity index (χ1n) is 10.5. The Morgan fingerprint density at radius 3 is 2.32 bits per heavy atom. The lowest BCUT2D eigenvalue weighted by Gasteiger charge is -2.10. The average molecular weight is 451 g/mol. The molecule has 2 amide bonds. The van der Waals surface area contributed by atoms with Gasteiger partial charge in [-0.1, -0.05) is 6.07 Å². The van der Waals surface area contributed by atoms with Gasteiger partial charge in [0.1, 0.15) is 23.0 Å². The van der Waals surface area contributed by atoms with Crippen LogP contribution in [-0.4, -0.2) is 30.4 Å². The first-order chi connectivity index (χ1) is 16.5. The molecule has 0 saturated carbocycles. The summed E-state index contributed by atoms with van der Waals surface area (Å²) in [5, 5.41) is 8.91. The van der Waals surface area contributed by atoms with Crippen LogP contribution in [0.5, 0.6) is 0 Å². The van der Waals surface area contributed by atoms with Crippen LogP contribution >= 0.6 is 0 Å².